The molecule has 0 bridgehead atoms. The van der Waals surface area contributed by atoms with Gasteiger partial charge in [0, 0.05) is 5.92 Å². The van der Waals surface area contributed by atoms with E-state index in [4.69, 9.17) is 5.11 Å². The molecule has 108 valence electrons. The van der Waals surface area contributed by atoms with Crippen LogP contribution in [0.2, 0.25) is 0 Å². The Labute approximate surface area is 112 Å². The zero-order chi connectivity index (χ0) is 14.4. The highest BCUT2D eigenvalue weighted by Crippen LogP contribution is 2.28. The number of aliphatic carboxylic acids is 1. The second kappa shape index (κ2) is 7.11. The van der Waals surface area contributed by atoms with Crippen LogP contribution in [0.1, 0.15) is 39.0 Å². The zero-order valence-electron chi connectivity index (χ0n) is 11.3. The molecule has 19 heavy (non-hydrogen) atoms. The largest absolute Gasteiger partial charge is 0.480 e. The van der Waals surface area contributed by atoms with Crippen LogP contribution in [0.4, 0.5) is 0 Å². The normalized spacial score (nSPS) is 24.3. The average Bonchev–Trinajstić information content (AvgIpc) is 2.38. The van der Waals surface area contributed by atoms with Crippen molar-refractivity contribution in [2.75, 3.05) is 7.11 Å². The van der Waals surface area contributed by atoms with Crippen molar-refractivity contribution in [2.24, 2.45) is 11.8 Å². The van der Waals surface area contributed by atoms with E-state index in [0.29, 0.717) is 5.92 Å². The number of carboxylic acid groups (broad SMARTS) is 1. The highest BCUT2D eigenvalue weighted by Gasteiger charge is 2.29. The lowest BCUT2D eigenvalue weighted by atomic mass is 9.82. The highest BCUT2D eigenvalue weighted by atomic mass is 16.5. The predicted molar refractivity (Wildman–Crippen MR) is 67.3 cm³/mol. The number of nitrogens with one attached hydrogen (secondary N) is 1. The maximum Gasteiger partial charge on any atom is 0.326 e. The molecular formula is C13H21NO5. The van der Waals surface area contributed by atoms with Gasteiger partial charge in [0.25, 0.3) is 0 Å². The molecule has 0 unspecified atom stereocenters. The first-order valence-electron chi connectivity index (χ1n) is 6.54. The van der Waals surface area contributed by atoms with E-state index in [0.717, 1.165) is 25.7 Å². The Kier molecular flexibility index (Phi) is 5.79. The zero-order valence-corrected chi connectivity index (χ0v) is 11.3. The lowest BCUT2D eigenvalue weighted by molar-refractivity contribution is -0.149. The molecular weight excluding hydrogens is 250 g/mol. The summed E-state index contributed by atoms with van der Waals surface area (Å²) >= 11 is 0. The van der Waals surface area contributed by atoms with Gasteiger partial charge in [0.1, 0.15) is 6.04 Å². The maximum atomic E-state index is 12.0. The molecule has 0 radical (unpaired) electrons. The fraction of sp³-hybridized carbons (Fsp3) is 0.769. The minimum absolute atomic E-state index is 0.143. The number of hydrogen-bond acceptors (Lipinski definition) is 4. The number of hydrogen-bond donors (Lipinski definition) is 2. The summed E-state index contributed by atoms with van der Waals surface area (Å²) in [5.74, 6) is -1.67. The smallest absolute Gasteiger partial charge is 0.326 e. The van der Waals surface area contributed by atoms with E-state index in [1.54, 1.807) is 0 Å². The SMILES string of the molecule is COC(=O)C[C@H](NC(=O)C1CCC(C)CC1)C(=O)O. The molecule has 0 saturated heterocycles. The van der Waals surface area contributed by atoms with Gasteiger partial charge in [-0.15, -0.1) is 0 Å². The summed E-state index contributed by atoms with van der Waals surface area (Å²) in [6, 6.07) is -1.21. The summed E-state index contributed by atoms with van der Waals surface area (Å²) in [5, 5.41) is 11.4. The average molecular weight is 271 g/mol. The van der Waals surface area contributed by atoms with E-state index in [1.807, 2.05) is 0 Å². The molecule has 1 amide bonds. The predicted octanol–water partition coefficient (Wildman–Crippen LogP) is 0.945. The maximum absolute atomic E-state index is 12.0. The Balaban J connectivity index is 2.51. The van der Waals surface area contributed by atoms with E-state index in [1.165, 1.54) is 7.11 Å². The third-order valence-corrected chi connectivity index (χ3v) is 3.60. The number of amides is 1. The van der Waals surface area contributed by atoms with Crippen LogP contribution in [-0.2, 0) is 19.1 Å². The van der Waals surface area contributed by atoms with E-state index in [9.17, 15) is 14.4 Å². The topological polar surface area (TPSA) is 92.7 Å². The monoisotopic (exact) mass is 271 g/mol. The Morgan fingerprint density at radius 3 is 2.32 bits per heavy atom. The Morgan fingerprint density at radius 1 is 1.26 bits per heavy atom. The van der Waals surface area contributed by atoms with Gasteiger partial charge in [0.2, 0.25) is 5.91 Å². The van der Waals surface area contributed by atoms with Gasteiger partial charge in [-0.1, -0.05) is 6.92 Å². The summed E-state index contributed by atoms with van der Waals surface area (Å²) < 4.78 is 4.42. The number of carbonyl (C=O) groups excluding carboxylic acids is 2. The minimum atomic E-state index is -1.22. The van der Waals surface area contributed by atoms with Crippen LogP contribution in [0.5, 0.6) is 0 Å². The molecule has 0 spiro atoms. The molecule has 1 saturated carbocycles. The third kappa shape index (κ3) is 4.89. The first-order valence-corrected chi connectivity index (χ1v) is 6.54. The molecule has 1 atom stereocenters. The molecule has 0 heterocycles. The van der Waals surface area contributed by atoms with Gasteiger partial charge < -0.3 is 15.2 Å². The minimum Gasteiger partial charge on any atom is -0.480 e. The molecule has 1 aliphatic rings. The molecule has 0 aromatic rings. The van der Waals surface area contributed by atoms with Crippen LogP contribution in [0.25, 0.3) is 0 Å². The second-order valence-electron chi connectivity index (χ2n) is 5.14. The van der Waals surface area contributed by atoms with Crippen LogP contribution in [-0.4, -0.2) is 36.1 Å². The van der Waals surface area contributed by atoms with Gasteiger partial charge in [-0.3, -0.25) is 9.59 Å². The van der Waals surface area contributed by atoms with Crippen LogP contribution >= 0.6 is 0 Å². The lowest BCUT2D eigenvalue weighted by Crippen LogP contribution is -2.45. The van der Waals surface area contributed by atoms with E-state index in [2.05, 4.69) is 17.0 Å². The van der Waals surface area contributed by atoms with Gasteiger partial charge in [-0.05, 0) is 31.6 Å². The van der Waals surface area contributed by atoms with Gasteiger partial charge in [0.05, 0.1) is 13.5 Å². The molecule has 0 aliphatic heterocycles. The van der Waals surface area contributed by atoms with Crippen molar-refractivity contribution in [3.05, 3.63) is 0 Å². The van der Waals surface area contributed by atoms with Crippen molar-refractivity contribution in [2.45, 2.75) is 45.1 Å². The number of methoxy groups -OCH3 is 1. The Hall–Kier alpha value is -1.59. The van der Waals surface area contributed by atoms with Gasteiger partial charge in [-0.2, -0.15) is 0 Å². The molecule has 2 N–H and O–H groups in total. The number of ether oxygens (including phenoxy) is 1. The Bertz CT molecular complexity index is 347. The van der Waals surface area contributed by atoms with Crippen molar-refractivity contribution in [1.82, 2.24) is 5.32 Å². The molecule has 0 aromatic heterocycles. The number of carboxylic acids is 1. The summed E-state index contributed by atoms with van der Waals surface area (Å²) in [6.45, 7) is 2.14. The van der Waals surface area contributed by atoms with Crippen LogP contribution in [0, 0.1) is 11.8 Å². The summed E-state index contributed by atoms with van der Waals surface area (Å²) in [4.78, 5) is 34.1. The van der Waals surface area contributed by atoms with Gasteiger partial charge >= 0.3 is 11.9 Å². The summed E-state index contributed by atoms with van der Waals surface area (Å²) in [6.07, 6.45) is 3.16. The molecule has 0 aromatic carbocycles. The Morgan fingerprint density at radius 2 is 1.84 bits per heavy atom. The van der Waals surface area contributed by atoms with Crippen LogP contribution < -0.4 is 5.32 Å². The number of carbonyl (C=O) groups is 3. The molecule has 6 heteroatoms. The van der Waals surface area contributed by atoms with Crippen LogP contribution in [0.15, 0.2) is 0 Å². The van der Waals surface area contributed by atoms with Crippen molar-refractivity contribution in [3.63, 3.8) is 0 Å². The highest BCUT2D eigenvalue weighted by molar-refractivity contribution is 5.88. The first-order chi connectivity index (χ1) is 8.93. The van der Waals surface area contributed by atoms with Crippen molar-refractivity contribution in [3.8, 4) is 0 Å². The van der Waals surface area contributed by atoms with Gasteiger partial charge in [0.15, 0.2) is 0 Å². The number of rotatable bonds is 5. The van der Waals surface area contributed by atoms with E-state index >= 15 is 0 Å². The standard InChI is InChI=1S/C13H21NO5/c1-8-3-5-9(6-4-8)12(16)14-10(13(17)18)7-11(15)19-2/h8-10H,3-7H2,1-2H3,(H,14,16)(H,17,18)/t8?,9?,10-/m0/s1. The fourth-order valence-corrected chi connectivity index (χ4v) is 2.26. The lowest BCUT2D eigenvalue weighted by Gasteiger charge is -2.26. The summed E-state index contributed by atoms with van der Waals surface area (Å²) in [7, 11) is 1.19. The fourth-order valence-electron chi connectivity index (χ4n) is 2.26. The summed E-state index contributed by atoms with van der Waals surface area (Å²) in [5.41, 5.74) is 0. The molecule has 1 aliphatic carbocycles. The third-order valence-electron chi connectivity index (χ3n) is 3.60. The molecule has 1 rings (SSSR count). The van der Waals surface area contributed by atoms with Crippen LogP contribution in [0.3, 0.4) is 0 Å². The van der Waals surface area contributed by atoms with Crippen molar-refractivity contribution >= 4 is 17.8 Å². The van der Waals surface area contributed by atoms with Crippen molar-refractivity contribution < 1.29 is 24.2 Å². The number of esters is 1. The van der Waals surface area contributed by atoms with Gasteiger partial charge in [-0.25, -0.2) is 4.79 Å². The quantitative estimate of drug-likeness (QED) is 0.726. The second-order valence-corrected chi connectivity index (χ2v) is 5.14. The van der Waals surface area contributed by atoms with Crippen molar-refractivity contribution in [1.29, 1.82) is 0 Å². The molecule has 6 nitrogen and oxygen atoms in total. The van der Waals surface area contributed by atoms with E-state index < -0.39 is 18.0 Å². The first kappa shape index (κ1) is 15.5. The van der Waals surface area contributed by atoms with E-state index in [-0.39, 0.29) is 18.2 Å². The molecule has 1 fully saturated rings.